The van der Waals surface area contributed by atoms with Gasteiger partial charge in [0, 0.05) is 12.5 Å². The summed E-state index contributed by atoms with van der Waals surface area (Å²) in [6, 6.07) is 2.16. The molecule has 0 radical (unpaired) electrons. The number of rotatable bonds is 3. The quantitative estimate of drug-likeness (QED) is 0.747. The van der Waals surface area contributed by atoms with E-state index in [1.165, 1.54) is 0 Å². The van der Waals surface area contributed by atoms with Crippen molar-refractivity contribution >= 4 is 5.91 Å². The Morgan fingerprint density at radius 3 is 2.69 bits per heavy atom. The van der Waals surface area contributed by atoms with Gasteiger partial charge in [0.25, 0.3) is 0 Å². The lowest BCUT2D eigenvalue weighted by molar-refractivity contribution is -0.129. The van der Waals surface area contributed by atoms with Crippen molar-refractivity contribution in [2.75, 3.05) is 6.61 Å². The van der Waals surface area contributed by atoms with Crippen molar-refractivity contribution < 1.29 is 9.90 Å². The van der Waals surface area contributed by atoms with Crippen LogP contribution >= 0.6 is 0 Å². The van der Waals surface area contributed by atoms with Gasteiger partial charge in [-0.15, -0.1) is 0 Å². The number of nitrogens with zero attached hydrogens (tertiary/aromatic N) is 1. The van der Waals surface area contributed by atoms with Crippen LogP contribution in [0.15, 0.2) is 0 Å². The number of aliphatic hydroxyl groups excluding tert-OH is 1. The molecule has 0 heterocycles. The number of hydrogen-bond acceptors (Lipinski definition) is 3. The molecule has 16 heavy (non-hydrogen) atoms. The molecule has 0 bridgehead atoms. The second kappa shape index (κ2) is 4.42. The Labute approximate surface area is 95.6 Å². The van der Waals surface area contributed by atoms with Crippen LogP contribution in [0.2, 0.25) is 0 Å². The molecule has 2 unspecified atom stereocenters. The highest BCUT2D eigenvalue weighted by Crippen LogP contribution is 2.36. The highest BCUT2D eigenvalue weighted by molar-refractivity contribution is 5.80. The zero-order valence-electron chi connectivity index (χ0n) is 9.41. The number of hydrogen-bond donors (Lipinski definition) is 2. The number of nitriles is 1. The molecule has 2 fully saturated rings. The fourth-order valence-corrected chi connectivity index (χ4v) is 2.49. The number of nitrogens with one attached hydrogen (secondary N) is 1. The van der Waals surface area contributed by atoms with Gasteiger partial charge in [-0.1, -0.05) is 12.8 Å². The summed E-state index contributed by atoms with van der Waals surface area (Å²) in [6.07, 6.45) is 5.46. The van der Waals surface area contributed by atoms with Crippen LogP contribution in [0.25, 0.3) is 0 Å². The molecule has 2 saturated carbocycles. The summed E-state index contributed by atoms with van der Waals surface area (Å²) in [6.45, 7) is 0.0810. The predicted molar refractivity (Wildman–Crippen MR) is 58.3 cm³/mol. The van der Waals surface area contributed by atoms with E-state index in [-0.39, 0.29) is 24.3 Å². The normalized spacial score (nSPS) is 31.5. The summed E-state index contributed by atoms with van der Waals surface area (Å²) in [4.78, 5) is 12.0. The molecule has 88 valence electrons. The number of aliphatic hydroxyl groups is 1. The maximum absolute atomic E-state index is 12.0. The lowest BCUT2D eigenvalue weighted by atomic mass is 9.79. The molecule has 2 aliphatic carbocycles. The van der Waals surface area contributed by atoms with Crippen LogP contribution in [0.4, 0.5) is 0 Å². The molecule has 0 aromatic carbocycles. The van der Waals surface area contributed by atoms with Crippen molar-refractivity contribution in [1.82, 2.24) is 5.32 Å². The second-order valence-corrected chi connectivity index (χ2v) is 5.02. The average molecular weight is 222 g/mol. The molecular weight excluding hydrogens is 204 g/mol. The van der Waals surface area contributed by atoms with E-state index in [4.69, 9.17) is 5.26 Å². The van der Waals surface area contributed by atoms with Crippen LogP contribution in [0.5, 0.6) is 0 Å². The third kappa shape index (κ3) is 2.19. The monoisotopic (exact) mass is 222 g/mol. The Hall–Kier alpha value is -1.08. The SMILES string of the molecule is N#CC1(NC(=O)C2CCCCC2CO)CC1. The van der Waals surface area contributed by atoms with E-state index >= 15 is 0 Å². The van der Waals surface area contributed by atoms with Crippen LogP contribution in [0, 0.1) is 23.2 Å². The first-order chi connectivity index (χ1) is 7.71. The van der Waals surface area contributed by atoms with E-state index in [1.807, 2.05) is 0 Å². The molecule has 1 amide bonds. The molecule has 2 aliphatic rings. The third-order valence-electron chi connectivity index (χ3n) is 3.81. The van der Waals surface area contributed by atoms with Crippen LogP contribution in [0.1, 0.15) is 38.5 Å². The Bertz CT molecular complexity index is 317. The van der Waals surface area contributed by atoms with Gasteiger partial charge in [-0.05, 0) is 31.6 Å². The summed E-state index contributed by atoms with van der Waals surface area (Å²) < 4.78 is 0. The smallest absolute Gasteiger partial charge is 0.224 e. The van der Waals surface area contributed by atoms with Crippen molar-refractivity contribution in [2.45, 2.75) is 44.1 Å². The van der Waals surface area contributed by atoms with Crippen LogP contribution in [-0.4, -0.2) is 23.2 Å². The van der Waals surface area contributed by atoms with Crippen molar-refractivity contribution in [1.29, 1.82) is 5.26 Å². The molecule has 2 atom stereocenters. The van der Waals surface area contributed by atoms with E-state index in [0.717, 1.165) is 38.5 Å². The topological polar surface area (TPSA) is 73.1 Å². The minimum absolute atomic E-state index is 0.0298. The highest BCUT2D eigenvalue weighted by Gasteiger charge is 2.46. The molecule has 0 aliphatic heterocycles. The van der Waals surface area contributed by atoms with Gasteiger partial charge in [0.1, 0.15) is 5.54 Å². The number of carbonyl (C=O) groups excluding carboxylic acids is 1. The van der Waals surface area contributed by atoms with E-state index in [0.29, 0.717) is 0 Å². The highest BCUT2D eigenvalue weighted by atomic mass is 16.3. The summed E-state index contributed by atoms with van der Waals surface area (Å²) >= 11 is 0. The first-order valence-electron chi connectivity index (χ1n) is 6.05. The van der Waals surface area contributed by atoms with Crippen LogP contribution in [-0.2, 0) is 4.79 Å². The van der Waals surface area contributed by atoms with Gasteiger partial charge in [-0.2, -0.15) is 5.26 Å². The van der Waals surface area contributed by atoms with E-state index in [1.54, 1.807) is 0 Å². The molecule has 0 saturated heterocycles. The van der Waals surface area contributed by atoms with Crippen LogP contribution in [0.3, 0.4) is 0 Å². The van der Waals surface area contributed by atoms with E-state index in [9.17, 15) is 9.90 Å². The Morgan fingerprint density at radius 1 is 1.44 bits per heavy atom. The summed E-state index contributed by atoms with van der Waals surface area (Å²) in [7, 11) is 0. The Kier molecular flexibility index (Phi) is 3.15. The van der Waals surface area contributed by atoms with Crippen molar-refractivity contribution in [3.05, 3.63) is 0 Å². The van der Waals surface area contributed by atoms with Gasteiger partial charge in [0.15, 0.2) is 0 Å². The molecule has 0 aromatic heterocycles. The molecule has 4 nitrogen and oxygen atoms in total. The van der Waals surface area contributed by atoms with Crippen LogP contribution < -0.4 is 5.32 Å². The first-order valence-corrected chi connectivity index (χ1v) is 6.05. The summed E-state index contributed by atoms with van der Waals surface area (Å²) in [5.41, 5.74) is -0.575. The summed E-state index contributed by atoms with van der Waals surface area (Å²) in [5.74, 6) is -0.0365. The molecule has 4 heteroatoms. The maximum Gasteiger partial charge on any atom is 0.224 e. The van der Waals surface area contributed by atoms with Gasteiger partial charge in [-0.25, -0.2) is 0 Å². The largest absolute Gasteiger partial charge is 0.396 e. The van der Waals surface area contributed by atoms with Crippen molar-refractivity contribution in [3.63, 3.8) is 0 Å². The Balaban J connectivity index is 1.95. The van der Waals surface area contributed by atoms with Gasteiger partial charge in [-0.3, -0.25) is 4.79 Å². The van der Waals surface area contributed by atoms with Crippen molar-refractivity contribution in [2.24, 2.45) is 11.8 Å². The van der Waals surface area contributed by atoms with Gasteiger partial charge in [0.05, 0.1) is 6.07 Å². The Morgan fingerprint density at radius 2 is 2.12 bits per heavy atom. The predicted octanol–water partition coefficient (Wildman–Crippen LogP) is 0.957. The fraction of sp³-hybridized carbons (Fsp3) is 0.833. The van der Waals surface area contributed by atoms with Gasteiger partial charge < -0.3 is 10.4 Å². The summed E-state index contributed by atoms with van der Waals surface area (Å²) in [5, 5.41) is 21.0. The maximum atomic E-state index is 12.0. The minimum Gasteiger partial charge on any atom is -0.396 e. The van der Waals surface area contributed by atoms with Gasteiger partial charge in [0.2, 0.25) is 5.91 Å². The zero-order valence-corrected chi connectivity index (χ0v) is 9.41. The molecular formula is C12H18N2O2. The lowest BCUT2D eigenvalue weighted by Gasteiger charge is -2.29. The van der Waals surface area contributed by atoms with Crippen molar-refractivity contribution in [3.8, 4) is 6.07 Å². The first kappa shape index (κ1) is 11.4. The minimum atomic E-state index is -0.575. The number of amides is 1. The molecule has 2 rings (SSSR count). The molecule has 0 spiro atoms. The molecule has 0 aromatic rings. The zero-order chi connectivity index (χ0) is 11.6. The fourth-order valence-electron chi connectivity index (χ4n) is 2.49. The van der Waals surface area contributed by atoms with Gasteiger partial charge >= 0.3 is 0 Å². The van der Waals surface area contributed by atoms with E-state index < -0.39 is 5.54 Å². The second-order valence-electron chi connectivity index (χ2n) is 5.02. The number of carbonyl (C=O) groups is 1. The standard InChI is InChI=1S/C12H18N2O2/c13-8-12(5-6-12)14-11(16)10-4-2-1-3-9(10)7-15/h9-10,15H,1-7H2,(H,14,16). The lowest BCUT2D eigenvalue weighted by Crippen LogP contribution is -2.43. The average Bonchev–Trinajstić information content (AvgIpc) is 3.09. The third-order valence-corrected chi connectivity index (χ3v) is 3.81. The molecule has 2 N–H and O–H groups in total. The van der Waals surface area contributed by atoms with E-state index in [2.05, 4.69) is 11.4 Å².